The predicted molar refractivity (Wildman–Crippen MR) is 102 cm³/mol. The van der Waals surface area contributed by atoms with Crippen molar-refractivity contribution in [2.24, 2.45) is 5.10 Å². The Morgan fingerprint density at radius 3 is 2.44 bits per heavy atom. The van der Waals surface area contributed by atoms with Crippen LogP contribution in [0, 0.1) is 0 Å². The number of hydrogen-bond donors (Lipinski definition) is 0. The fourth-order valence-electron chi connectivity index (χ4n) is 2.53. The minimum atomic E-state index is -0.169. The van der Waals surface area contributed by atoms with Gasteiger partial charge in [-0.15, -0.1) is 0 Å². The van der Waals surface area contributed by atoms with Gasteiger partial charge in [-0.1, -0.05) is 15.9 Å². The number of halogens is 1. The van der Waals surface area contributed by atoms with Gasteiger partial charge in [0.15, 0.2) is 0 Å². The number of amides is 1. The van der Waals surface area contributed by atoms with E-state index in [4.69, 9.17) is 9.47 Å². The number of hydrogen-bond acceptors (Lipinski definition) is 4. The molecule has 0 saturated carbocycles. The van der Waals surface area contributed by atoms with Crippen LogP contribution in [0.3, 0.4) is 0 Å². The monoisotopic (exact) mass is 400 g/mol. The second-order valence-corrected chi connectivity index (χ2v) is 6.36. The molecular weight excluding hydrogens is 384 g/mol. The zero-order valence-corrected chi connectivity index (χ0v) is 15.7. The molecule has 1 amide bonds. The van der Waals surface area contributed by atoms with Crippen molar-refractivity contribution >= 4 is 39.3 Å². The van der Waals surface area contributed by atoms with Gasteiger partial charge in [0.25, 0.3) is 5.91 Å². The number of ether oxygens (including phenoxy) is 2. The average molecular weight is 401 g/mol. The SMILES string of the molecule is COc1ccc(C=C2C(=O)N(c3ccc(Br)cc3)N=C2C)c(OC)c1. The highest BCUT2D eigenvalue weighted by Gasteiger charge is 2.28. The Labute approximate surface area is 154 Å². The number of methoxy groups -OCH3 is 2. The highest BCUT2D eigenvalue weighted by atomic mass is 79.9. The van der Waals surface area contributed by atoms with Gasteiger partial charge in [-0.3, -0.25) is 4.79 Å². The van der Waals surface area contributed by atoms with E-state index >= 15 is 0 Å². The first-order valence-corrected chi connectivity index (χ1v) is 8.42. The highest BCUT2D eigenvalue weighted by molar-refractivity contribution is 9.10. The maximum absolute atomic E-state index is 12.8. The molecule has 2 aromatic rings. The lowest BCUT2D eigenvalue weighted by Crippen LogP contribution is -2.21. The Bertz CT molecular complexity index is 873. The van der Waals surface area contributed by atoms with E-state index in [0.717, 1.165) is 15.7 Å². The Kier molecular flexibility index (Phi) is 4.90. The zero-order valence-electron chi connectivity index (χ0n) is 14.1. The van der Waals surface area contributed by atoms with Crippen LogP contribution in [0.1, 0.15) is 12.5 Å². The van der Waals surface area contributed by atoms with Gasteiger partial charge in [-0.2, -0.15) is 10.1 Å². The van der Waals surface area contributed by atoms with Gasteiger partial charge in [0.05, 0.1) is 31.2 Å². The van der Waals surface area contributed by atoms with Gasteiger partial charge in [0.1, 0.15) is 11.5 Å². The quantitative estimate of drug-likeness (QED) is 0.719. The van der Waals surface area contributed by atoms with Crippen LogP contribution in [0.15, 0.2) is 57.6 Å². The standard InChI is InChI=1S/C19H17BrN2O3/c1-12-17(10-13-4-9-16(24-2)11-18(13)25-3)19(23)22(21-12)15-7-5-14(20)6-8-15/h4-11H,1-3H3. The third-order valence-electron chi connectivity index (χ3n) is 3.87. The zero-order chi connectivity index (χ0) is 18.0. The summed E-state index contributed by atoms with van der Waals surface area (Å²) in [5.41, 5.74) is 2.70. The third-order valence-corrected chi connectivity index (χ3v) is 4.40. The maximum atomic E-state index is 12.8. The lowest BCUT2D eigenvalue weighted by Gasteiger charge is -2.12. The van der Waals surface area contributed by atoms with Gasteiger partial charge in [0.2, 0.25) is 0 Å². The topological polar surface area (TPSA) is 51.1 Å². The first kappa shape index (κ1) is 17.2. The number of rotatable bonds is 4. The van der Waals surface area contributed by atoms with Crippen molar-refractivity contribution in [1.82, 2.24) is 0 Å². The molecule has 0 aliphatic carbocycles. The molecule has 0 saturated heterocycles. The van der Waals surface area contributed by atoms with Crippen LogP contribution >= 0.6 is 15.9 Å². The lowest BCUT2D eigenvalue weighted by molar-refractivity contribution is -0.114. The molecule has 5 nitrogen and oxygen atoms in total. The molecule has 6 heteroatoms. The minimum Gasteiger partial charge on any atom is -0.497 e. The van der Waals surface area contributed by atoms with Gasteiger partial charge >= 0.3 is 0 Å². The normalized spacial score (nSPS) is 15.5. The molecule has 1 aliphatic rings. The van der Waals surface area contributed by atoms with E-state index in [1.807, 2.05) is 43.3 Å². The molecule has 25 heavy (non-hydrogen) atoms. The number of carbonyl (C=O) groups is 1. The fraction of sp³-hybridized carbons (Fsp3) is 0.158. The molecule has 0 aromatic heterocycles. The van der Waals surface area contributed by atoms with Gasteiger partial charge in [-0.25, -0.2) is 0 Å². The van der Waals surface area contributed by atoms with E-state index in [1.54, 1.807) is 26.4 Å². The molecule has 0 bridgehead atoms. The van der Waals surface area contributed by atoms with Crippen LogP contribution in [0.2, 0.25) is 0 Å². The molecule has 2 aromatic carbocycles. The Morgan fingerprint density at radius 1 is 1.08 bits per heavy atom. The van der Waals surface area contributed by atoms with Crippen LogP contribution in [0.5, 0.6) is 11.5 Å². The molecule has 0 unspecified atom stereocenters. The summed E-state index contributed by atoms with van der Waals surface area (Å²) in [5, 5.41) is 5.79. The van der Waals surface area contributed by atoms with E-state index < -0.39 is 0 Å². The summed E-state index contributed by atoms with van der Waals surface area (Å²) in [6.07, 6.45) is 1.79. The maximum Gasteiger partial charge on any atom is 0.280 e. The molecule has 1 aliphatic heterocycles. The summed E-state index contributed by atoms with van der Waals surface area (Å²) in [4.78, 5) is 12.8. The number of anilines is 1. The number of nitrogens with zero attached hydrogens (tertiary/aromatic N) is 2. The molecule has 1 heterocycles. The van der Waals surface area contributed by atoms with Gasteiger partial charge < -0.3 is 9.47 Å². The fourth-order valence-corrected chi connectivity index (χ4v) is 2.80. The van der Waals surface area contributed by atoms with Crippen LogP contribution < -0.4 is 14.5 Å². The third kappa shape index (κ3) is 3.44. The Hall–Kier alpha value is -2.60. The van der Waals surface area contributed by atoms with E-state index in [0.29, 0.717) is 22.8 Å². The van der Waals surface area contributed by atoms with Crippen molar-refractivity contribution in [1.29, 1.82) is 0 Å². The summed E-state index contributed by atoms with van der Waals surface area (Å²) in [6, 6.07) is 12.9. The molecule has 0 atom stereocenters. The Morgan fingerprint density at radius 2 is 1.80 bits per heavy atom. The van der Waals surface area contributed by atoms with Crippen LogP contribution in [0.25, 0.3) is 6.08 Å². The van der Waals surface area contributed by atoms with Crippen LogP contribution in [-0.2, 0) is 4.79 Å². The number of hydrazone groups is 1. The first-order valence-electron chi connectivity index (χ1n) is 7.63. The predicted octanol–water partition coefficient (Wildman–Crippen LogP) is 4.27. The molecule has 128 valence electrons. The lowest BCUT2D eigenvalue weighted by atomic mass is 10.1. The largest absolute Gasteiger partial charge is 0.497 e. The van der Waals surface area contributed by atoms with Crippen molar-refractivity contribution in [2.45, 2.75) is 6.92 Å². The summed E-state index contributed by atoms with van der Waals surface area (Å²) in [5.74, 6) is 1.16. The van der Waals surface area contributed by atoms with Gasteiger partial charge in [0, 0.05) is 16.1 Å². The van der Waals surface area contributed by atoms with Crippen molar-refractivity contribution in [3.05, 3.63) is 58.1 Å². The molecule has 0 N–H and O–H groups in total. The summed E-state index contributed by atoms with van der Waals surface area (Å²) < 4.78 is 11.6. The summed E-state index contributed by atoms with van der Waals surface area (Å²) in [6.45, 7) is 1.82. The number of carbonyl (C=O) groups excluding carboxylic acids is 1. The summed E-state index contributed by atoms with van der Waals surface area (Å²) in [7, 11) is 3.18. The van der Waals surface area contributed by atoms with Crippen molar-refractivity contribution in [3.8, 4) is 11.5 Å². The second kappa shape index (κ2) is 7.11. The summed E-state index contributed by atoms with van der Waals surface area (Å²) >= 11 is 3.39. The minimum absolute atomic E-state index is 0.169. The molecular formula is C19H17BrN2O3. The average Bonchev–Trinajstić information content (AvgIpc) is 2.91. The van der Waals surface area contributed by atoms with E-state index in [2.05, 4.69) is 21.0 Å². The van der Waals surface area contributed by atoms with Crippen LogP contribution in [-0.4, -0.2) is 25.8 Å². The second-order valence-electron chi connectivity index (χ2n) is 5.44. The highest BCUT2D eigenvalue weighted by Crippen LogP contribution is 2.30. The van der Waals surface area contributed by atoms with Crippen molar-refractivity contribution < 1.29 is 14.3 Å². The molecule has 3 rings (SSSR count). The molecule has 0 radical (unpaired) electrons. The van der Waals surface area contributed by atoms with E-state index in [9.17, 15) is 4.79 Å². The molecule has 0 fully saturated rings. The Balaban J connectivity index is 1.96. The smallest absolute Gasteiger partial charge is 0.280 e. The van der Waals surface area contributed by atoms with Crippen molar-refractivity contribution in [3.63, 3.8) is 0 Å². The van der Waals surface area contributed by atoms with Crippen LogP contribution in [0.4, 0.5) is 5.69 Å². The molecule has 0 spiro atoms. The van der Waals surface area contributed by atoms with E-state index in [-0.39, 0.29) is 5.91 Å². The van der Waals surface area contributed by atoms with E-state index in [1.165, 1.54) is 5.01 Å². The first-order chi connectivity index (χ1) is 12.0. The number of benzene rings is 2. The van der Waals surface area contributed by atoms with Crippen molar-refractivity contribution in [2.75, 3.05) is 19.2 Å². The van der Waals surface area contributed by atoms with Gasteiger partial charge in [-0.05, 0) is 49.4 Å².